The number of rotatable bonds is 0. The van der Waals surface area contributed by atoms with Crippen LogP contribution in [0.5, 0.6) is 0 Å². The van der Waals surface area contributed by atoms with E-state index in [9.17, 15) is 18.0 Å². The van der Waals surface area contributed by atoms with Crippen molar-refractivity contribution in [3.63, 3.8) is 0 Å². The first-order valence-corrected chi connectivity index (χ1v) is 4.47. The molecule has 1 heterocycles. The molecule has 0 aromatic carbocycles. The molecule has 1 aliphatic carbocycles. The fourth-order valence-electron chi connectivity index (χ4n) is 1.55. The molecule has 2 rings (SSSR count). The highest BCUT2D eigenvalue weighted by Crippen LogP contribution is 2.35. The molecule has 0 bridgehead atoms. The molecular weight excluding hydrogens is 225 g/mol. The third-order valence-electron chi connectivity index (χ3n) is 2.29. The summed E-state index contributed by atoms with van der Waals surface area (Å²) in [5.41, 5.74) is 0.130. The average molecular weight is 232 g/mol. The van der Waals surface area contributed by atoms with Crippen molar-refractivity contribution in [3.8, 4) is 0 Å². The maximum absolute atomic E-state index is 12.3. The van der Waals surface area contributed by atoms with Gasteiger partial charge in [-0.25, -0.2) is 0 Å². The summed E-state index contributed by atoms with van der Waals surface area (Å²) < 4.78 is 41.6. The Hall–Kier alpha value is -1.72. The van der Waals surface area contributed by atoms with Crippen molar-refractivity contribution in [2.24, 2.45) is 0 Å². The minimum absolute atomic E-state index is 0.107. The second-order valence-electron chi connectivity index (χ2n) is 3.46. The fourth-order valence-corrected chi connectivity index (χ4v) is 1.55. The number of carbonyl (C=O) groups is 1. The van der Waals surface area contributed by atoms with Gasteiger partial charge in [0.1, 0.15) is 6.10 Å². The van der Waals surface area contributed by atoms with Gasteiger partial charge in [-0.1, -0.05) is 0 Å². The summed E-state index contributed by atoms with van der Waals surface area (Å²) in [4.78, 5) is 11.4. The first-order valence-electron chi connectivity index (χ1n) is 4.47. The van der Waals surface area contributed by atoms with E-state index in [0.717, 1.165) is 0 Å². The first kappa shape index (κ1) is 10.8. The summed E-state index contributed by atoms with van der Waals surface area (Å²) in [6.07, 6.45) is -2.87. The minimum Gasteiger partial charge on any atom is -0.512 e. The van der Waals surface area contributed by atoms with E-state index in [1.54, 1.807) is 0 Å². The zero-order valence-electron chi connectivity index (χ0n) is 7.91. The second-order valence-corrected chi connectivity index (χ2v) is 3.46. The van der Waals surface area contributed by atoms with Crippen LogP contribution >= 0.6 is 0 Å². The average Bonchev–Trinajstić information content (AvgIpc) is 2.15. The quantitative estimate of drug-likeness (QED) is 0.696. The molecule has 0 saturated heterocycles. The Morgan fingerprint density at radius 3 is 2.69 bits per heavy atom. The van der Waals surface area contributed by atoms with Gasteiger partial charge in [-0.3, -0.25) is 4.79 Å². The van der Waals surface area contributed by atoms with Crippen molar-refractivity contribution in [1.29, 1.82) is 0 Å². The highest BCUT2D eigenvalue weighted by Gasteiger charge is 2.42. The number of hydrogen-bond donors (Lipinski definition) is 1. The molecule has 0 saturated carbocycles. The second kappa shape index (κ2) is 3.40. The van der Waals surface area contributed by atoms with E-state index in [0.29, 0.717) is 6.08 Å². The van der Waals surface area contributed by atoms with Crippen molar-refractivity contribution >= 4 is 5.78 Å². The van der Waals surface area contributed by atoms with Crippen LogP contribution in [0.2, 0.25) is 0 Å². The highest BCUT2D eigenvalue weighted by molar-refractivity contribution is 6.06. The molecule has 1 N–H and O–H groups in total. The van der Waals surface area contributed by atoms with Crippen LogP contribution in [-0.4, -0.2) is 23.2 Å². The van der Waals surface area contributed by atoms with Crippen molar-refractivity contribution in [1.82, 2.24) is 0 Å². The molecule has 86 valence electrons. The largest absolute Gasteiger partial charge is 0.512 e. The normalized spacial score (nSPS) is 25.1. The smallest absolute Gasteiger partial charge is 0.449 e. The fraction of sp³-hybridized carbons (Fsp3) is 0.300. The zero-order chi connectivity index (χ0) is 11.9. The number of fused-ring (bicyclic) bond motifs is 1. The number of halogens is 3. The molecule has 0 aromatic rings. The van der Waals surface area contributed by atoms with Crippen LogP contribution < -0.4 is 0 Å². The molecule has 6 heteroatoms. The molecule has 0 amide bonds. The highest BCUT2D eigenvalue weighted by atomic mass is 19.4. The number of alkyl halides is 3. The van der Waals surface area contributed by atoms with Crippen molar-refractivity contribution < 1.29 is 27.8 Å². The van der Waals surface area contributed by atoms with Gasteiger partial charge in [0.05, 0.1) is 5.76 Å². The van der Waals surface area contributed by atoms with Gasteiger partial charge in [-0.05, 0) is 12.2 Å². The van der Waals surface area contributed by atoms with E-state index in [2.05, 4.69) is 4.74 Å². The minimum atomic E-state index is -4.68. The maximum atomic E-state index is 12.3. The lowest BCUT2D eigenvalue weighted by molar-refractivity contribution is -0.144. The Balaban J connectivity index is 2.34. The van der Waals surface area contributed by atoms with E-state index in [4.69, 9.17) is 5.11 Å². The molecule has 1 atom stereocenters. The Labute approximate surface area is 88.5 Å². The Kier molecular flexibility index (Phi) is 2.29. The number of carbonyl (C=O) groups excluding carboxylic acids is 1. The molecule has 2 aliphatic rings. The molecule has 0 fully saturated rings. The maximum Gasteiger partial charge on any atom is 0.449 e. The molecule has 3 nitrogen and oxygen atoms in total. The van der Waals surface area contributed by atoms with E-state index in [-0.39, 0.29) is 17.8 Å². The number of ether oxygens (including phenoxy) is 1. The number of ketones is 1. The van der Waals surface area contributed by atoms with Crippen molar-refractivity contribution in [2.75, 3.05) is 0 Å². The van der Waals surface area contributed by atoms with Gasteiger partial charge < -0.3 is 9.84 Å². The monoisotopic (exact) mass is 232 g/mol. The van der Waals surface area contributed by atoms with Crippen molar-refractivity contribution in [3.05, 3.63) is 35.3 Å². The molecule has 0 spiro atoms. The van der Waals surface area contributed by atoms with E-state index in [1.165, 1.54) is 12.2 Å². The number of aliphatic hydroxyl groups excluding tert-OH is 1. The van der Waals surface area contributed by atoms with Crippen LogP contribution in [0, 0.1) is 0 Å². The molecule has 1 aliphatic heterocycles. The van der Waals surface area contributed by atoms with Crippen LogP contribution in [0.15, 0.2) is 35.3 Å². The van der Waals surface area contributed by atoms with Gasteiger partial charge in [-0.15, -0.1) is 0 Å². The Morgan fingerprint density at radius 1 is 1.38 bits per heavy atom. The lowest BCUT2D eigenvalue weighted by Gasteiger charge is -2.28. The third kappa shape index (κ3) is 1.82. The lowest BCUT2D eigenvalue weighted by Crippen LogP contribution is -2.32. The standard InChI is InChI=1S/C10H7F3O3/c11-10(12,13)9-4-7(15)6-2-1-5(14)3-8(6)16-9/h1-2,4,8,14H,3H2. The third-order valence-corrected chi connectivity index (χ3v) is 2.29. The van der Waals surface area contributed by atoms with E-state index < -0.39 is 23.8 Å². The molecule has 16 heavy (non-hydrogen) atoms. The van der Waals surface area contributed by atoms with E-state index >= 15 is 0 Å². The van der Waals surface area contributed by atoms with Crippen molar-refractivity contribution in [2.45, 2.75) is 18.7 Å². The topological polar surface area (TPSA) is 46.5 Å². The summed E-state index contributed by atoms with van der Waals surface area (Å²) >= 11 is 0. The van der Waals surface area contributed by atoms with Crippen LogP contribution in [0.4, 0.5) is 13.2 Å². The number of aliphatic hydroxyl groups is 1. The molecule has 0 radical (unpaired) electrons. The van der Waals surface area contributed by atoms with Gasteiger partial charge >= 0.3 is 6.18 Å². The SMILES string of the molecule is O=C1C=C(C(F)(F)F)OC2CC(O)=CC=C12. The van der Waals surface area contributed by atoms with Gasteiger partial charge in [0.25, 0.3) is 0 Å². The van der Waals surface area contributed by atoms with Gasteiger partial charge in [0, 0.05) is 18.1 Å². The summed E-state index contributed by atoms with van der Waals surface area (Å²) in [6, 6.07) is 0. The molecule has 0 aromatic heterocycles. The van der Waals surface area contributed by atoms with Crippen LogP contribution in [0.25, 0.3) is 0 Å². The molecule has 1 unspecified atom stereocenters. The molecular formula is C10H7F3O3. The Morgan fingerprint density at radius 2 is 2.06 bits per heavy atom. The van der Waals surface area contributed by atoms with Crippen LogP contribution in [0.1, 0.15) is 6.42 Å². The van der Waals surface area contributed by atoms with Crippen LogP contribution in [-0.2, 0) is 9.53 Å². The number of allylic oxidation sites excluding steroid dienone is 4. The predicted octanol–water partition coefficient (Wildman–Crippen LogP) is 2.17. The van der Waals surface area contributed by atoms with Gasteiger partial charge in [0.15, 0.2) is 5.78 Å². The zero-order valence-corrected chi connectivity index (χ0v) is 7.91. The van der Waals surface area contributed by atoms with Crippen LogP contribution in [0.3, 0.4) is 0 Å². The summed E-state index contributed by atoms with van der Waals surface area (Å²) in [5, 5.41) is 9.15. The predicted molar refractivity (Wildman–Crippen MR) is 47.4 cm³/mol. The Bertz CT molecular complexity index is 429. The number of hydrogen-bond acceptors (Lipinski definition) is 3. The summed E-state index contributed by atoms with van der Waals surface area (Å²) in [6.45, 7) is 0. The lowest BCUT2D eigenvalue weighted by atomic mass is 9.94. The first-order chi connectivity index (χ1) is 7.38. The van der Waals surface area contributed by atoms with Gasteiger partial charge in [0.2, 0.25) is 5.76 Å². The van der Waals surface area contributed by atoms with E-state index in [1.807, 2.05) is 0 Å². The van der Waals surface area contributed by atoms with Gasteiger partial charge in [-0.2, -0.15) is 13.2 Å². The summed E-state index contributed by atoms with van der Waals surface area (Å²) in [7, 11) is 0. The summed E-state index contributed by atoms with van der Waals surface area (Å²) in [5.74, 6) is -2.15.